The van der Waals surface area contributed by atoms with Crippen LogP contribution >= 0.6 is 0 Å². The van der Waals surface area contributed by atoms with E-state index in [4.69, 9.17) is 9.47 Å². The van der Waals surface area contributed by atoms with Gasteiger partial charge in [0.15, 0.2) is 0 Å². The highest BCUT2D eigenvalue weighted by Gasteiger charge is 2.21. The van der Waals surface area contributed by atoms with Gasteiger partial charge >= 0.3 is 12.0 Å². The quantitative estimate of drug-likeness (QED) is 0.786. The normalized spacial score (nSPS) is 20.2. The Kier molecular flexibility index (Phi) is 3.58. The molecule has 0 saturated carbocycles. The fourth-order valence-corrected chi connectivity index (χ4v) is 1.79. The van der Waals surface area contributed by atoms with Gasteiger partial charge in [0.1, 0.15) is 0 Å². The fourth-order valence-electron chi connectivity index (χ4n) is 1.79. The Balaban J connectivity index is 2.23. The lowest BCUT2D eigenvalue weighted by Gasteiger charge is -2.29. The van der Waals surface area contributed by atoms with Crippen LogP contribution in [0.1, 0.15) is 12.8 Å². The van der Waals surface area contributed by atoms with Gasteiger partial charge in [-0.25, -0.2) is 0 Å². The van der Waals surface area contributed by atoms with Crippen molar-refractivity contribution in [1.82, 2.24) is 15.0 Å². The van der Waals surface area contributed by atoms with E-state index in [0.29, 0.717) is 12.5 Å². The van der Waals surface area contributed by atoms with Crippen LogP contribution < -0.4 is 14.4 Å². The molecule has 0 unspecified atom stereocenters. The molecule has 0 aliphatic carbocycles. The Morgan fingerprint density at radius 3 is 2.35 bits per heavy atom. The van der Waals surface area contributed by atoms with Crippen LogP contribution in [0.25, 0.3) is 0 Å². The van der Waals surface area contributed by atoms with Crippen molar-refractivity contribution in [2.75, 3.05) is 32.2 Å². The summed E-state index contributed by atoms with van der Waals surface area (Å²) in [7, 11) is 2.98. The first-order chi connectivity index (χ1) is 8.22. The van der Waals surface area contributed by atoms with Gasteiger partial charge in [-0.15, -0.1) is 4.98 Å². The summed E-state index contributed by atoms with van der Waals surface area (Å²) in [6.07, 6.45) is 1.39. The van der Waals surface area contributed by atoms with E-state index < -0.39 is 0 Å². The van der Waals surface area contributed by atoms with E-state index >= 15 is 0 Å². The lowest BCUT2D eigenvalue weighted by Crippen LogP contribution is -2.39. The summed E-state index contributed by atoms with van der Waals surface area (Å²) in [4.78, 5) is 14.1. The molecule has 1 atom stereocenters. The molecule has 94 valence electrons. The molecule has 1 fully saturated rings. The van der Waals surface area contributed by atoms with Gasteiger partial charge in [-0.2, -0.15) is 9.97 Å². The molecule has 1 aliphatic rings. The minimum Gasteiger partial charge on any atom is -0.467 e. The third-order valence-corrected chi connectivity index (χ3v) is 2.63. The Morgan fingerprint density at radius 1 is 1.18 bits per heavy atom. The van der Waals surface area contributed by atoms with Crippen molar-refractivity contribution < 1.29 is 14.6 Å². The zero-order chi connectivity index (χ0) is 12.3. The average Bonchev–Trinajstić information content (AvgIpc) is 2.38. The van der Waals surface area contributed by atoms with Crippen LogP contribution in [0.15, 0.2) is 0 Å². The summed E-state index contributed by atoms with van der Waals surface area (Å²) in [6.45, 7) is 1.34. The van der Waals surface area contributed by atoms with Crippen molar-refractivity contribution in [3.05, 3.63) is 0 Å². The van der Waals surface area contributed by atoms with Crippen molar-refractivity contribution in [1.29, 1.82) is 0 Å². The second-order valence-corrected chi connectivity index (χ2v) is 3.85. The number of anilines is 1. The topological polar surface area (TPSA) is 80.6 Å². The fraction of sp³-hybridized carbons (Fsp3) is 0.700. The molecule has 1 aromatic heterocycles. The Morgan fingerprint density at radius 2 is 1.82 bits per heavy atom. The Labute approximate surface area is 99.4 Å². The molecule has 0 spiro atoms. The predicted molar refractivity (Wildman–Crippen MR) is 60.4 cm³/mol. The van der Waals surface area contributed by atoms with E-state index in [9.17, 15) is 5.11 Å². The molecule has 0 amide bonds. The average molecular weight is 240 g/mol. The Hall–Kier alpha value is -1.63. The third kappa shape index (κ3) is 2.73. The number of rotatable bonds is 3. The third-order valence-electron chi connectivity index (χ3n) is 2.63. The van der Waals surface area contributed by atoms with Crippen molar-refractivity contribution in [2.24, 2.45) is 0 Å². The van der Waals surface area contributed by atoms with E-state index in [0.717, 1.165) is 19.4 Å². The molecular formula is C10H16N4O3. The SMILES string of the molecule is COc1nc(OC)nc(N2CCC[C@H](O)C2)n1. The van der Waals surface area contributed by atoms with E-state index in [1.54, 1.807) is 0 Å². The van der Waals surface area contributed by atoms with Gasteiger partial charge in [-0.1, -0.05) is 0 Å². The number of aromatic nitrogens is 3. The minimum atomic E-state index is -0.336. The predicted octanol–water partition coefficient (Wildman–Crippen LogP) is -0.150. The molecular weight excluding hydrogens is 224 g/mol. The molecule has 17 heavy (non-hydrogen) atoms. The van der Waals surface area contributed by atoms with E-state index in [1.165, 1.54) is 14.2 Å². The molecule has 1 aromatic rings. The molecule has 0 radical (unpaired) electrons. The maximum Gasteiger partial charge on any atom is 0.324 e. The summed E-state index contributed by atoms with van der Waals surface area (Å²) in [5.74, 6) is 0.479. The van der Waals surface area contributed by atoms with Crippen LogP contribution in [0.2, 0.25) is 0 Å². The number of aliphatic hydroxyl groups is 1. The summed E-state index contributed by atoms with van der Waals surface area (Å²) in [6, 6.07) is 0.429. The highest BCUT2D eigenvalue weighted by Crippen LogP contribution is 2.19. The van der Waals surface area contributed by atoms with Gasteiger partial charge in [0, 0.05) is 13.1 Å². The maximum absolute atomic E-state index is 9.62. The first-order valence-electron chi connectivity index (χ1n) is 5.50. The second kappa shape index (κ2) is 5.13. The van der Waals surface area contributed by atoms with Crippen LogP contribution in [0.5, 0.6) is 12.0 Å². The minimum absolute atomic E-state index is 0.215. The van der Waals surface area contributed by atoms with Gasteiger partial charge in [-0.3, -0.25) is 0 Å². The van der Waals surface area contributed by atoms with Gasteiger partial charge in [-0.05, 0) is 12.8 Å². The number of hydrogen-bond donors (Lipinski definition) is 1. The smallest absolute Gasteiger partial charge is 0.324 e. The number of β-amino-alcohol motifs (C(OH)–C–C–N with tert-alkyl or cyclic N) is 1. The highest BCUT2D eigenvalue weighted by atomic mass is 16.5. The van der Waals surface area contributed by atoms with Gasteiger partial charge in [0.25, 0.3) is 0 Å². The molecule has 1 aliphatic heterocycles. The molecule has 2 rings (SSSR count). The van der Waals surface area contributed by atoms with Crippen LogP contribution in [-0.4, -0.2) is 53.5 Å². The largest absolute Gasteiger partial charge is 0.467 e. The van der Waals surface area contributed by atoms with Crippen molar-refractivity contribution >= 4 is 5.95 Å². The summed E-state index contributed by atoms with van der Waals surface area (Å²) in [5, 5.41) is 9.62. The lowest BCUT2D eigenvalue weighted by atomic mass is 10.1. The maximum atomic E-state index is 9.62. The number of hydrogen-bond acceptors (Lipinski definition) is 7. The summed E-state index contributed by atoms with van der Waals surface area (Å²) >= 11 is 0. The van der Waals surface area contributed by atoms with E-state index in [2.05, 4.69) is 15.0 Å². The highest BCUT2D eigenvalue weighted by molar-refractivity contribution is 5.33. The molecule has 0 aromatic carbocycles. The number of aliphatic hydroxyl groups excluding tert-OH is 1. The van der Waals surface area contributed by atoms with E-state index in [-0.39, 0.29) is 18.1 Å². The van der Waals surface area contributed by atoms with Crippen molar-refractivity contribution in [2.45, 2.75) is 18.9 Å². The lowest BCUT2D eigenvalue weighted by molar-refractivity contribution is 0.153. The van der Waals surface area contributed by atoms with Gasteiger partial charge in [0.05, 0.1) is 20.3 Å². The Bertz CT molecular complexity index is 366. The van der Waals surface area contributed by atoms with Crippen LogP contribution in [0, 0.1) is 0 Å². The zero-order valence-corrected chi connectivity index (χ0v) is 9.96. The number of nitrogens with zero attached hydrogens (tertiary/aromatic N) is 4. The number of piperidine rings is 1. The van der Waals surface area contributed by atoms with Crippen LogP contribution in [-0.2, 0) is 0 Å². The second-order valence-electron chi connectivity index (χ2n) is 3.85. The molecule has 1 saturated heterocycles. The van der Waals surface area contributed by atoms with Gasteiger partial charge in [0.2, 0.25) is 5.95 Å². The first kappa shape index (κ1) is 11.8. The van der Waals surface area contributed by atoms with Crippen LogP contribution in [0.3, 0.4) is 0 Å². The van der Waals surface area contributed by atoms with Crippen LogP contribution in [0.4, 0.5) is 5.95 Å². The molecule has 7 heteroatoms. The number of methoxy groups -OCH3 is 2. The zero-order valence-electron chi connectivity index (χ0n) is 9.96. The summed E-state index contributed by atoms with van der Waals surface area (Å²) in [5.41, 5.74) is 0. The molecule has 2 heterocycles. The first-order valence-corrected chi connectivity index (χ1v) is 5.50. The standard InChI is InChI=1S/C10H16N4O3/c1-16-9-11-8(12-10(13-9)17-2)14-5-3-4-7(15)6-14/h7,15H,3-6H2,1-2H3/t7-/m0/s1. The molecule has 1 N–H and O–H groups in total. The summed E-state index contributed by atoms with van der Waals surface area (Å²) < 4.78 is 9.97. The molecule has 7 nitrogen and oxygen atoms in total. The van der Waals surface area contributed by atoms with Crippen molar-refractivity contribution in [3.63, 3.8) is 0 Å². The van der Waals surface area contributed by atoms with E-state index in [1.807, 2.05) is 4.90 Å². The molecule has 0 bridgehead atoms. The van der Waals surface area contributed by atoms with Crippen molar-refractivity contribution in [3.8, 4) is 12.0 Å². The van der Waals surface area contributed by atoms with Gasteiger partial charge < -0.3 is 19.5 Å². The number of ether oxygens (including phenoxy) is 2. The monoisotopic (exact) mass is 240 g/mol.